The molecule has 1 fully saturated rings. The van der Waals surface area contributed by atoms with E-state index in [9.17, 15) is 5.11 Å². The quantitative estimate of drug-likeness (QED) is 0.626. The summed E-state index contributed by atoms with van der Waals surface area (Å²) in [5.74, 6) is 0. The van der Waals surface area contributed by atoms with Crippen LogP contribution in [-0.2, 0) is 4.74 Å². The summed E-state index contributed by atoms with van der Waals surface area (Å²) in [7, 11) is 4.00. The molecule has 2 unspecified atom stereocenters. The molecule has 3 nitrogen and oxygen atoms in total. The van der Waals surface area contributed by atoms with Gasteiger partial charge in [0.1, 0.15) is 0 Å². The van der Waals surface area contributed by atoms with Crippen molar-refractivity contribution in [2.45, 2.75) is 44.6 Å². The van der Waals surface area contributed by atoms with Crippen LogP contribution in [0.25, 0.3) is 0 Å². The van der Waals surface area contributed by atoms with Gasteiger partial charge in [-0.2, -0.15) is 0 Å². The standard InChI is InChI=1S/C9H19NO2/c1-6-5-8(10(3)4)9(11)7(2)12-6/h6-9,11H,5H2,1-4H3/t6-,7+,8?,9?/m1/s1. The summed E-state index contributed by atoms with van der Waals surface area (Å²) in [6, 6.07) is 0.240. The Balaban J connectivity index is 2.60. The molecule has 4 atom stereocenters. The van der Waals surface area contributed by atoms with E-state index >= 15 is 0 Å². The fourth-order valence-electron chi connectivity index (χ4n) is 1.81. The van der Waals surface area contributed by atoms with Crippen molar-refractivity contribution in [3.63, 3.8) is 0 Å². The fraction of sp³-hybridized carbons (Fsp3) is 1.00. The number of nitrogens with zero attached hydrogens (tertiary/aromatic N) is 1. The maximum atomic E-state index is 9.76. The number of likely N-dealkylation sites (N-methyl/N-ethyl adjacent to an activating group) is 1. The van der Waals surface area contributed by atoms with Crippen LogP contribution in [0.4, 0.5) is 0 Å². The van der Waals surface area contributed by atoms with Gasteiger partial charge in [0.2, 0.25) is 0 Å². The first-order valence-corrected chi connectivity index (χ1v) is 4.52. The molecule has 12 heavy (non-hydrogen) atoms. The molecule has 1 N–H and O–H groups in total. The Bertz CT molecular complexity index is 149. The number of hydrogen-bond acceptors (Lipinski definition) is 3. The van der Waals surface area contributed by atoms with Crippen LogP contribution in [0.3, 0.4) is 0 Å². The van der Waals surface area contributed by atoms with E-state index in [1.54, 1.807) is 0 Å². The van der Waals surface area contributed by atoms with E-state index in [0.717, 1.165) is 6.42 Å². The van der Waals surface area contributed by atoms with Crippen molar-refractivity contribution in [2.24, 2.45) is 0 Å². The molecule has 1 saturated heterocycles. The van der Waals surface area contributed by atoms with Crippen molar-refractivity contribution in [1.82, 2.24) is 4.90 Å². The third-order valence-electron chi connectivity index (χ3n) is 2.56. The summed E-state index contributed by atoms with van der Waals surface area (Å²) < 4.78 is 5.50. The Labute approximate surface area is 74.3 Å². The van der Waals surface area contributed by atoms with Crippen molar-refractivity contribution >= 4 is 0 Å². The van der Waals surface area contributed by atoms with Gasteiger partial charge in [-0.15, -0.1) is 0 Å². The third-order valence-corrected chi connectivity index (χ3v) is 2.56. The number of aliphatic hydroxyl groups is 1. The summed E-state index contributed by atoms with van der Waals surface area (Å²) in [5, 5.41) is 9.76. The van der Waals surface area contributed by atoms with Gasteiger partial charge in [-0.05, 0) is 34.4 Å². The van der Waals surface area contributed by atoms with E-state index in [-0.39, 0.29) is 24.4 Å². The average molecular weight is 173 g/mol. The summed E-state index contributed by atoms with van der Waals surface area (Å²) in [6.07, 6.45) is 0.784. The molecule has 0 bridgehead atoms. The monoisotopic (exact) mass is 173 g/mol. The fourth-order valence-corrected chi connectivity index (χ4v) is 1.81. The van der Waals surface area contributed by atoms with E-state index in [1.165, 1.54) is 0 Å². The van der Waals surface area contributed by atoms with E-state index in [2.05, 4.69) is 11.8 Å². The molecule has 0 aromatic rings. The zero-order valence-electron chi connectivity index (χ0n) is 8.32. The highest BCUT2D eigenvalue weighted by molar-refractivity contribution is 4.86. The molecule has 0 spiro atoms. The Morgan fingerprint density at radius 2 is 1.92 bits per heavy atom. The second-order valence-corrected chi connectivity index (χ2v) is 3.91. The molecular formula is C9H19NO2. The molecule has 1 aliphatic rings. The zero-order chi connectivity index (χ0) is 9.30. The maximum absolute atomic E-state index is 9.76. The van der Waals surface area contributed by atoms with Crippen molar-refractivity contribution in [3.8, 4) is 0 Å². The highest BCUT2D eigenvalue weighted by atomic mass is 16.5. The molecule has 0 saturated carbocycles. The molecule has 1 heterocycles. The first-order chi connectivity index (χ1) is 5.52. The molecule has 72 valence electrons. The highest BCUT2D eigenvalue weighted by Gasteiger charge is 2.34. The highest BCUT2D eigenvalue weighted by Crippen LogP contribution is 2.22. The Kier molecular flexibility index (Phi) is 3.09. The first kappa shape index (κ1) is 9.96. The van der Waals surface area contributed by atoms with E-state index in [4.69, 9.17) is 4.74 Å². The van der Waals surface area contributed by atoms with E-state index in [1.807, 2.05) is 21.0 Å². The van der Waals surface area contributed by atoms with Crippen LogP contribution in [0, 0.1) is 0 Å². The number of ether oxygens (including phenoxy) is 1. The lowest BCUT2D eigenvalue weighted by Gasteiger charge is -2.40. The van der Waals surface area contributed by atoms with Gasteiger partial charge in [-0.1, -0.05) is 0 Å². The van der Waals surface area contributed by atoms with Crippen molar-refractivity contribution in [1.29, 1.82) is 0 Å². The minimum atomic E-state index is -0.351. The van der Waals surface area contributed by atoms with Crippen molar-refractivity contribution < 1.29 is 9.84 Å². The van der Waals surface area contributed by atoms with Crippen molar-refractivity contribution in [2.75, 3.05) is 14.1 Å². The minimum absolute atomic E-state index is 0.0406. The predicted molar refractivity (Wildman–Crippen MR) is 48.1 cm³/mol. The summed E-state index contributed by atoms with van der Waals surface area (Å²) >= 11 is 0. The molecule has 0 aromatic heterocycles. The molecule has 1 rings (SSSR count). The normalized spacial score (nSPS) is 43.5. The predicted octanol–water partition coefficient (Wildman–Crippen LogP) is 0.475. The van der Waals surface area contributed by atoms with Crippen LogP contribution in [0.1, 0.15) is 20.3 Å². The van der Waals surface area contributed by atoms with Gasteiger partial charge in [-0.3, -0.25) is 0 Å². The van der Waals surface area contributed by atoms with Gasteiger partial charge in [-0.25, -0.2) is 0 Å². The Morgan fingerprint density at radius 1 is 1.33 bits per heavy atom. The Hall–Kier alpha value is -0.120. The molecular weight excluding hydrogens is 154 g/mol. The smallest absolute Gasteiger partial charge is 0.0954 e. The van der Waals surface area contributed by atoms with Gasteiger partial charge in [0.25, 0.3) is 0 Å². The molecule has 3 heteroatoms. The van der Waals surface area contributed by atoms with Crippen LogP contribution in [0.5, 0.6) is 0 Å². The largest absolute Gasteiger partial charge is 0.389 e. The van der Waals surface area contributed by atoms with Crippen LogP contribution in [0.2, 0.25) is 0 Å². The zero-order valence-corrected chi connectivity index (χ0v) is 8.32. The van der Waals surface area contributed by atoms with Gasteiger partial charge < -0.3 is 14.7 Å². The van der Waals surface area contributed by atoms with Crippen LogP contribution in [0.15, 0.2) is 0 Å². The van der Waals surface area contributed by atoms with Crippen LogP contribution in [-0.4, -0.2) is 48.5 Å². The Morgan fingerprint density at radius 3 is 2.42 bits per heavy atom. The van der Waals surface area contributed by atoms with Gasteiger partial charge in [0.15, 0.2) is 0 Å². The third kappa shape index (κ3) is 1.97. The SMILES string of the molecule is C[C@@H]1CC(N(C)C)C(O)[C@H](C)O1. The number of rotatable bonds is 1. The molecule has 0 amide bonds. The van der Waals surface area contributed by atoms with Crippen LogP contribution < -0.4 is 0 Å². The van der Waals surface area contributed by atoms with Gasteiger partial charge in [0.05, 0.1) is 18.3 Å². The topological polar surface area (TPSA) is 32.7 Å². The van der Waals surface area contributed by atoms with Gasteiger partial charge in [0, 0.05) is 6.04 Å². The second kappa shape index (κ2) is 3.73. The minimum Gasteiger partial charge on any atom is -0.389 e. The average Bonchev–Trinajstić information content (AvgIpc) is 1.96. The molecule has 0 radical (unpaired) electrons. The summed E-state index contributed by atoms with van der Waals surface area (Å²) in [6.45, 7) is 3.98. The molecule has 0 aromatic carbocycles. The lowest BCUT2D eigenvalue weighted by atomic mass is 9.96. The lowest BCUT2D eigenvalue weighted by molar-refractivity contribution is -0.134. The number of aliphatic hydroxyl groups excluding tert-OH is 1. The second-order valence-electron chi connectivity index (χ2n) is 3.91. The first-order valence-electron chi connectivity index (χ1n) is 4.52. The van der Waals surface area contributed by atoms with E-state index in [0.29, 0.717) is 0 Å². The maximum Gasteiger partial charge on any atom is 0.0954 e. The summed E-state index contributed by atoms with van der Waals surface area (Å²) in [5.41, 5.74) is 0. The van der Waals surface area contributed by atoms with Crippen LogP contribution >= 0.6 is 0 Å². The van der Waals surface area contributed by atoms with E-state index < -0.39 is 0 Å². The molecule has 1 aliphatic heterocycles. The summed E-state index contributed by atoms with van der Waals surface area (Å²) in [4.78, 5) is 2.07. The molecule has 0 aliphatic carbocycles. The van der Waals surface area contributed by atoms with Gasteiger partial charge >= 0.3 is 0 Å². The number of hydrogen-bond donors (Lipinski definition) is 1. The van der Waals surface area contributed by atoms with Crippen molar-refractivity contribution in [3.05, 3.63) is 0 Å². The lowest BCUT2D eigenvalue weighted by Crippen LogP contribution is -2.52.